The van der Waals surface area contributed by atoms with Crippen LogP contribution in [0.5, 0.6) is 0 Å². The van der Waals surface area contributed by atoms with Crippen molar-refractivity contribution < 1.29 is 4.39 Å². The molecule has 0 saturated heterocycles. The fourth-order valence-electron chi connectivity index (χ4n) is 4.41. The van der Waals surface area contributed by atoms with Gasteiger partial charge in [-0.3, -0.25) is 4.98 Å². The highest BCUT2D eigenvalue weighted by Crippen LogP contribution is 2.49. The summed E-state index contributed by atoms with van der Waals surface area (Å²) < 4.78 is 13.9. The Morgan fingerprint density at radius 1 is 1.00 bits per heavy atom. The van der Waals surface area contributed by atoms with Gasteiger partial charge in [0, 0.05) is 20.8 Å². The summed E-state index contributed by atoms with van der Waals surface area (Å²) in [6, 6.07) is 15.6. The predicted octanol–water partition coefficient (Wildman–Crippen LogP) is 8.77. The number of nitrogens with zero attached hydrogens (tertiary/aromatic N) is 1. The Morgan fingerprint density at radius 3 is 2.34 bits per heavy atom. The molecule has 0 fully saturated rings. The van der Waals surface area contributed by atoms with E-state index in [1.807, 2.05) is 23.9 Å². The molecular weight excluding hydrogens is 413 g/mol. The second-order valence-corrected chi connectivity index (χ2v) is 11.7. The van der Waals surface area contributed by atoms with E-state index < -0.39 is 0 Å². The lowest BCUT2D eigenvalue weighted by molar-refractivity contribution is 0.628. The Morgan fingerprint density at radius 2 is 1.69 bits per heavy atom. The lowest BCUT2D eigenvalue weighted by Crippen LogP contribution is -2.19. The monoisotopic (exact) mass is 445 g/mol. The van der Waals surface area contributed by atoms with E-state index in [0.717, 1.165) is 23.4 Å². The molecule has 0 N–H and O–H groups in total. The summed E-state index contributed by atoms with van der Waals surface area (Å²) in [7, 11) is 0. The van der Waals surface area contributed by atoms with Crippen LogP contribution in [-0.2, 0) is 6.42 Å². The van der Waals surface area contributed by atoms with E-state index in [1.165, 1.54) is 27.1 Å². The van der Waals surface area contributed by atoms with Crippen LogP contribution in [0.15, 0.2) is 59.5 Å². The van der Waals surface area contributed by atoms with E-state index in [2.05, 4.69) is 78.0 Å². The molecule has 1 aliphatic heterocycles. The maximum Gasteiger partial charge on any atom is 0.123 e. The molecule has 0 spiro atoms. The van der Waals surface area contributed by atoms with E-state index in [9.17, 15) is 4.39 Å². The molecule has 0 radical (unpaired) electrons. The van der Waals surface area contributed by atoms with Gasteiger partial charge in [0.05, 0.1) is 11.4 Å². The van der Waals surface area contributed by atoms with Crippen LogP contribution in [0.3, 0.4) is 0 Å². The van der Waals surface area contributed by atoms with Crippen LogP contribution in [0.25, 0.3) is 28.5 Å². The highest BCUT2D eigenvalue weighted by atomic mass is 32.2. The van der Waals surface area contributed by atoms with E-state index >= 15 is 0 Å². The molecule has 0 saturated carbocycles. The second kappa shape index (κ2) is 8.86. The summed E-state index contributed by atoms with van der Waals surface area (Å²) in [6.45, 7) is 13.4. The van der Waals surface area contributed by atoms with Gasteiger partial charge in [-0.05, 0) is 53.1 Å². The van der Waals surface area contributed by atoms with Crippen LogP contribution in [-0.4, -0.2) is 9.73 Å². The Bertz CT molecular complexity index is 1160. The zero-order chi connectivity index (χ0) is 23.0. The summed E-state index contributed by atoms with van der Waals surface area (Å²) >= 11 is 1.92. The van der Waals surface area contributed by atoms with E-state index in [0.29, 0.717) is 5.92 Å². The van der Waals surface area contributed by atoms with Crippen molar-refractivity contribution in [3.05, 3.63) is 77.2 Å². The van der Waals surface area contributed by atoms with Gasteiger partial charge in [-0.1, -0.05) is 84.0 Å². The number of benzene rings is 2. The minimum absolute atomic E-state index is 0.0101. The topological polar surface area (TPSA) is 12.9 Å². The number of pyridine rings is 1. The van der Waals surface area contributed by atoms with E-state index in [4.69, 9.17) is 4.98 Å². The Labute approximate surface area is 196 Å². The molecule has 0 atom stereocenters. The van der Waals surface area contributed by atoms with Crippen LogP contribution in [0.4, 0.5) is 4.39 Å². The van der Waals surface area contributed by atoms with Gasteiger partial charge in [0.25, 0.3) is 0 Å². The normalized spacial score (nSPS) is 15.2. The van der Waals surface area contributed by atoms with Crippen molar-refractivity contribution in [2.75, 3.05) is 0 Å². The Hall–Kier alpha value is -2.39. The van der Waals surface area contributed by atoms with Gasteiger partial charge in [0.15, 0.2) is 0 Å². The number of fused-ring (bicyclic) bond motifs is 3. The molecule has 0 bridgehead atoms. The quantitative estimate of drug-likeness (QED) is 0.398. The average molecular weight is 446 g/mol. The fourth-order valence-corrected chi connectivity index (χ4v) is 5.64. The molecule has 3 heteroatoms. The number of halogens is 1. The largest absolute Gasteiger partial charge is 0.252 e. The average Bonchev–Trinajstić information content (AvgIpc) is 2.84. The molecule has 1 nitrogen and oxygen atoms in total. The summed E-state index contributed by atoms with van der Waals surface area (Å²) in [4.78, 5) is 6.59. The number of hydrogen-bond acceptors (Lipinski definition) is 2. The molecule has 0 aliphatic carbocycles. The van der Waals surface area contributed by atoms with Crippen molar-refractivity contribution in [1.82, 2.24) is 4.98 Å². The third-order valence-corrected chi connectivity index (χ3v) is 7.10. The third kappa shape index (κ3) is 4.54. The first-order valence-corrected chi connectivity index (χ1v) is 12.3. The van der Waals surface area contributed by atoms with Crippen molar-refractivity contribution in [1.29, 1.82) is 0 Å². The van der Waals surface area contributed by atoms with Gasteiger partial charge in [0.2, 0.25) is 0 Å². The van der Waals surface area contributed by atoms with E-state index in [-0.39, 0.29) is 16.5 Å². The van der Waals surface area contributed by atoms with Crippen LogP contribution in [0.2, 0.25) is 0 Å². The van der Waals surface area contributed by atoms with Gasteiger partial charge >= 0.3 is 0 Å². The highest BCUT2D eigenvalue weighted by Gasteiger charge is 2.32. The second-order valence-electron chi connectivity index (χ2n) is 9.91. The SMILES string of the molecule is CC(C)/C=C/c1c(C(C)C)nc2c(c1-c1ccc(F)cc1)CC(C)(C)Sc1ccccc1-2. The number of hydrogen-bond donors (Lipinski definition) is 0. The summed E-state index contributed by atoms with van der Waals surface area (Å²) in [5, 5.41) is 0. The molecule has 0 amide bonds. The molecule has 166 valence electrons. The number of thioether (sulfide) groups is 1. The van der Waals surface area contributed by atoms with Crippen molar-refractivity contribution in [2.24, 2.45) is 5.92 Å². The maximum absolute atomic E-state index is 13.9. The van der Waals surface area contributed by atoms with Crippen LogP contribution in [0, 0.1) is 11.7 Å². The Balaban J connectivity index is 2.14. The highest BCUT2D eigenvalue weighted by molar-refractivity contribution is 8.00. The van der Waals surface area contributed by atoms with Gasteiger partial charge in [-0.2, -0.15) is 0 Å². The lowest BCUT2D eigenvalue weighted by atomic mass is 9.84. The zero-order valence-electron chi connectivity index (χ0n) is 19.9. The maximum atomic E-state index is 13.9. The van der Waals surface area contributed by atoms with Crippen LogP contribution >= 0.6 is 11.8 Å². The third-order valence-electron chi connectivity index (χ3n) is 5.82. The fraction of sp³-hybridized carbons (Fsp3) is 0.345. The molecule has 2 aromatic carbocycles. The molecule has 2 heterocycles. The first-order chi connectivity index (χ1) is 15.2. The molecule has 1 aliphatic rings. The van der Waals surface area contributed by atoms with E-state index in [1.54, 1.807) is 12.1 Å². The van der Waals surface area contributed by atoms with Crippen molar-refractivity contribution >= 4 is 17.8 Å². The summed E-state index contributed by atoms with van der Waals surface area (Å²) in [6.07, 6.45) is 5.37. The van der Waals surface area contributed by atoms with Crippen molar-refractivity contribution in [3.8, 4) is 22.4 Å². The minimum Gasteiger partial charge on any atom is -0.252 e. The number of rotatable bonds is 4. The summed E-state index contributed by atoms with van der Waals surface area (Å²) in [5.74, 6) is 0.489. The smallest absolute Gasteiger partial charge is 0.123 e. The number of allylic oxidation sites excluding steroid dienone is 1. The lowest BCUT2D eigenvalue weighted by Gasteiger charge is -2.26. The zero-order valence-corrected chi connectivity index (χ0v) is 20.7. The molecule has 0 unspecified atom stereocenters. The van der Waals surface area contributed by atoms with Gasteiger partial charge < -0.3 is 0 Å². The van der Waals surface area contributed by atoms with Crippen LogP contribution in [0.1, 0.15) is 64.3 Å². The molecule has 32 heavy (non-hydrogen) atoms. The number of aromatic nitrogens is 1. The van der Waals surface area contributed by atoms with Crippen molar-refractivity contribution in [2.45, 2.75) is 63.5 Å². The van der Waals surface area contributed by atoms with Crippen molar-refractivity contribution in [3.63, 3.8) is 0 Å². The molecular formula is C29H32FNS. The first-order valence-electron chi connectivity index (χ1n) is 11.5. The summed E-state index contributed by atoms with van der Waals surface area (Å²) in [5.41, 5.74) is 8.04. The predicted molar refractivity (Wildman–Crippen MR) is 137 cm³/mol. The van der Waals surface area contributed by atoms with Gasteiger partial charge in [-0.25, -0.2) is 4.39 Å². The standard InChI is InChI=1S/C29H32FNS/c1-18(2)11-16-23-26(20-12-14-21(30)15-13-20)24-17-29(5,6)32-25-10-8-7-9-22(25)28(24)31-27(23)19(3)4/h7-16,18-19H,17H2,1-6H3/b16-11+. The first kappa shape index (κ1) is 22.8. The van der Waals surface area contributed by atoms with Crippen LogP contribution < -0.4 is 0 Å². The van der Waals surface area contributed by atoms with Gasteiger partial charge in [-0.15, -0.1) is 11.8 Å². The molecule has 3 aromatic rings. The minimum atomic E-state index is -0.210. The Kier molecular flexibility index (Phi) is 6.31. The molecule has 1 aromatic heterocycles. The van der Waals surface area contributed by atoms with Gasteiger partial charge in [0.1, 0.15) is 5.82 Å². The molecule has 4 rings (SSSR count).